The Labute approximate surface area is 168 Å². The fraction of sp³-hybridized carbons (Fsp3) is 0.444. The van der Waals surface area contributed by atoms with Crippen molar-refractivity contribution in [3.63, 3.8) is 0 Å². The number of rotatable bonds is 5. The third kappa shape index (κ3) is 5.08. The number of alkyl halides is 5. The number of benzene rings is 1. The van der Waals surface area contributed by atoms with E-state index in [1.54, 1.807) is 0 Å². The maximum Gasteiger partial charge on any atom is 0.418 e. The highest BCUT2D eigenvalue weighted by atomic mass is 32.1. The molecule has 0 spiro atoms. The van der Waals surface area contributed by atoms with Gasteiger partial charge in [0, 0.05) is 29.8 Å². The molecule has 158 valence electrons. The molecule has 3 rings (SSSR count). The van der Waals surface area contributed by atoms with Crippen molar-refractivity contribution in [3.05, 3.63) is 35.0 Å². The highest BCUT2D eigenvalue weighted by Gasteiger charge is 2.35. The van der Waals surface area contributed by atoms with E-state index in [1.807, 2.05) is 0 Å². The molecule has 0 radical (unpaired) electrons. The molecule has 2 atom stereocenters. The molecule has 1 saturated heterocycles. The van der Waals surface area contributed by atoms with Gasteiger partial charge in [-0.25, -0.2) is 4.98 Å². The summed E-state index contributed by atoms with van der Waals surface area (Å²) in [6.07, 6.45) is -4.12. The van der Waals surface area contributed by atoms with E-state index in [1.165, 1.54) is 13.0 Å². The number of aromatic nitrogens is 1. The first-order valence-electron chi connectivity index (χ1n) is 8.71. The second-order valence-electron chi connectivity index (χ2n) is 6.77. The summed E-state index contributed by atoms with van der Waals surface area (Å²) in [5, 5.41) is 5.97. The number of nitrogens with zero attached hydrogens (tertiary/aromatic N) is 1. The highest BCUT2D eigenvalue weighted by Crippen LogP contribution is 2.38. The lowest BCUT2D eigenvalue weighted by molar-refractivity contribution is -0.136. The Bertz CT molecular complexity index is 922. The number of halogens is 5. The molecule has 11 heteroatoms. The molecule has 1 aromatic carbocycles. The zero-order chi connectivity index (χ0) is 21.3. The van der Waals surface area contributed by atoms with Crippen LogP contribution in [0, 0.1) is 6.92 Å². The number of thiol groups is 1. The van der Waals surface area contributed by atoms with E-state index in [0.717, 1.165) is 12.5 Å². The van der Waals surface area contributed by atoms with Gasteiger partial charge in [-0.2, -0.15) is 34.6 Å². The largest absolute Gasteiger partial charge is 0.435 e. The van der Waals surface area contributed by atoms with E-state index in [2.05, 4.69) is 33.0 Å². The molecular weight excluding hydrogens is 417 g/mol. The van der Waals surface area contributed by atoms with Crippen LogP contribution in [0.4, 0.5) is 22.0 Å². The van der Waals surface area contributed by atoms with Crippen LogP contribution in [0.2, 0.25) is 0 Å². The molecular formula is C18H18F5N3O2S. The monoisotopic (exact) mass is 435 g/mol. The fourth-order valence-corrected chi connectivity index (χ4v) is 3.59. The Morgan fingerprint density at radius 2 is 2.10 bits per heavy atom. The molecule has 2 N–H and O–H groups in total. The average molecular weight is 435 g/mol. The number of ether oxygens (including phenoxy) is 1. The van der Waals surface area contributed by atoms with Crippen LogP contribution in [0.1, 0.15) is 28.0 Å². The summed E-state index contributed by atoms with van der Waals surface area (Å²) < 4.78 is 69.6. The van der Waals surface area contributed by atoms with Gasteiger partial charge in [0.15, 0.2) is 0 Å². The van der Waals surface area contributed by atoms with Crippen molar-refractivity contribution >= 4 is 29.4 Å². The summed E-state index contributed by atoms with van der Waals surface area (Å²) in [4.78, 5) is 16.3. The topological polar surface area (TPSA) is 63.2 Å². The molecule has 1 aliphatic rings. The van der Waals surface area contributed by atoms with Crippen LogP contribution < -0.4 is 15.4 Å². The maximum absolute atomic E-state index is 13.5. The minimum absolute atomic E-state index is 0.0165. The lowest BCUT2D eigenvalue weighted by atomic mass is 10.0. The maximum atomic E-state index is 13.5. The minimum Gasteiger partial charge on any atom is -0.435 e. The Kier molecular flexibility index (Phi) is 6.18. The predicted octanol–water partition coefficient (Wildman–Crippen LogP) is 3.55. The molecule has 1 fully saturated rings. The summed E-state index contributed by atoms with van der Waals surface area (Å²) in [6.45, 7) is -0.818. The van der Waals surface area contributed by atoms with Crippen molar-refractivity contribution in [1.29, 1.82) is 0 Å². The van der Waals surface area contributed by atoms with Crippen LogP contribution in [0.3, 0.4) is 0 Å². The number of nitrogens with one attached hydrogen (secondary N) is 2. The van der Waals surface area contributed by atoms with Gasteiger partial charge < -0.3 is 15.4 Å². The second kappa shape index (κ2) is 8.31. The smallest absolute Gasteiger partial charge is 0.418 e. The van der Waals surface area contributed by atoms with E-state index in [-0.39, 0.29) is 34.5 Å². The number of carbonyl (C=O) groups excluding carboxylic acids is 1. The first-order chi connectivity index (χ1) is 13.5. The van der Waals surface area contributed by atoms with Crippen molar-refractivity contribution in [2.75, 3.05) is 13.1 Å². The van der Waals surface area contributed by atoms with Gasteiger partial charge in [-0.3, -0.25) is 4.79 Å². The highest BCUT2D eigenvalue weighted by molar-refractivity contribution is 7.81. The van der Waals surface area contributed by atoms with Gasteiger partial charge >= 0.3 is 12.8 Å². The molecule has 2 aromatic rings. The van der Waals surface area contributed by atoms with Gasteiger partial charge in [-0.15, -0.1) is 0 Å². The summed E-state index contributed by atoms with van der Waals surface area (Å²) in [7, 11) is 0. The zero-order valence-corrected chi connectivity index (χ0v) is 16.1. The normalized spacial score (nSPS) is 19.7. The molecule has 5 nitrogen and oxygen atoms in total. The van der Waals surface area contributed by atoms with Gasteiger partial charge in [-0.1, -0.05) is 0 Å². The van der Waals surface area contributed by atoms with E-state index in [4.69, 9.17) is 0 Å². The fourth-order valence-electron chi connectivity index (χ4n) is 3.23. The minimum atomic E-state index is -4.87. The second-order valence-corrected chi connectivity index (χ2v) is 7.50. The zero-order valence-electron chi connectivity index (χ0n) is 15.2. The van der Waals surface area contributed by atoms with Crippen molar-refractivity contribution in [3.8, 4) is 5.75 Å². The number of amides is 1. The van der Waals surface area contributed by atoms with Crippen LogP contribution in [0.15, 0.2) is 18.2 Å². The Morgan fingerprint density at radius 1 is 1.38 bits per heavy atom. The van der Waals surface area contributed by atoms with Crippen molar-refractivity contribution < 1.29 is 31.5 Å². The first kappa shape index (κ1) is 21.6. The van der Waals surface area contributed by atoms with Gasteiger partial charge in [-0.05, 0) is 37.1 Å². The SMILES string of the molecule is Cc1cc(C(=O)NCC2CC(S)CN2)nc2c(C(F)(F)F)cc(OC(F)F)cc12. The summed E-state index contributed by atoms with van der Waals surface area (Å²) in [6, 6.07) is 2.84. The van der Waals surface area contributed by atoms with E-state index in [9.17, 15) is 26.7 Å². The average Bonchev–Trinajstić information content (AvgIpc) is 3.03. The van der Waals surface area contributed by atoms with Crippen LogP contribution in [-0.4, -0.2) is 41.9 Å². The third-order valence-electron chi connectivity index (χ3n) is 4.56. The lowest BCUT2D eigenvalue weighted by Crippen LogP contribution is -2.37. The summed E-state index contributed by atoms with van der Waals surface area (Å²) in [5.41, 5.74) is -1.67. The van der Waals surface area contributed by atoms with Crippen LogP contribution in [0.5, 0.6) is 5.75 Å². The van der Waals surface area contributed by atoms with Crippen molar-refractivity contribution in [1.82, 2.24) is 15.6 Å². The number of carbonyl (C=O) groups is 1. The molecule has 1 aliphatic heterocycles. The molecule has 29 heavy (non-hydrogen) atoms. The number of hydrogen-bond donors (Lipinski definition) is 3. The van der Waals surface area contributed by atoms with Crippen molar-refractivity contribution in [2.45, 2.75) is 37.4 Å². The van der Waals surface area contributed by atoms with Crippen molar-refractivity contribution in [2.24, 2.45) is 0 Å². The van der Waals surface area contributed by atoms with Crippen LogP contribution in [-0.2, 0) is 6.18 Å². The van der Waals surface area contributed by atoms with E-state index < -0.39 is 35.5 Å². The number of fused-ring (bicyclic) bond motifs is 1. The number of aryl methyl sites for hydroxylation is 1. The molecule has 2 heterocycles. The number of hydrogen-bond acceptors (Lipinski definition) is 5. The van der Waals surface area contributed by atoms with Gasteiger partial charge in [0.1, 0.15) is 11.4 Å². The molecule has 1 aromatic heterocycles. The molecule has 1 amide bonds. The molecule has 2 unspecified atom stereocenters. The van der Waals surface area contributed by atoms with Gasteiger partial charge in [0.05, 0.1) is 11.1 Å². The molecule has 0 bridgehead atoms. The van der Waals surface area contributed by atoms with Crippen LogP contribution >= 0.6 is 12.6 Å². The first-order valence-corrected chi connectivity index (χ1v) is 9.23. The number of pyridine rings is 1. The van der Waals surface area contributed by atoms with Crippen LogP contribution in [0.25, 0.3) is 10.9 Å². The Balaban J connectivity index is 1.95. The lowest BCUT2D eigenvalue weighted by Gasteiger charge is -2.16. The standard InChI is InChI=1S/C18H18F5N3O2S/c1-8-2-14(16(27)25-6-9-3-11(29)7-24-9)26-15-12(8)4-10(28-17(19)20)5-13(15)18(21,22)23/h2,4-5,9,11,17,24,29H,3,6-7H2,1H3,(H,25,27). The van der Waals surface area contributed by atoms with Gasteiger partial charge in [0.2, 0.25) is 0 Å². The Morgan fingerprint density at radius 3 is 2.69 bits per heavy atom. The third-order valence-corrected chi connectivity index (χ3v) is 4.96. The van der Waals surface area contributed by atoms with E-state index >= 15 is 0 Å². The van der Waals surface area contributed by atoms with Gasteiger partial charge in [0.25, 0.3) is 5.91 Å². The molecule has 0 saturated carbocycles. The Hall–Kier alpha value is -2.14. The molecule has 0 aliphatic carbocycles. The predicted molar refractivity (Wildman–Crippen MR) is 99.6 cm³/mol. The van der Waals surface area contributed by atoms with E-state index in [0.29, 0.717) is 12.6 Å². The summed E-state index contributed by atoms with van der Waals surface area (Å²) >= 11 is 4.34. The quantitative estimate of drug-likeness (QED) is 0.497. The summed E-state index contributed by atoms with van der Waals surface area (Å²) in [5.74, 6) is -1.25.